The molecule has 1 aliphatic heterocycles. The molecule has 0 aliphatic carbocycles. The Hall–Kier alpha value is -3.13. The van der Waals surface area contributed by atoms with E-state index in [1.807, 2.05) is 31.7 Å². The van der Waals surface area contributed by atoms with Gasteiger partial charge in [-0.05, 0) is 74.6 Å². The number of aryl methyl sites for hydroxylation is 1. The Morgan fingerprint density at radius 2 is 1.71 bits per heavy atom. The Balaban J connectivity index is 1.84. The molecule has 0 aromatic heterocycles. The van der Waals surface area contributed by atoms with Gasteiger partial charge in [-0.25, -0.2) is 9.18 Å². The van der Waals surface area contributed by atoms with Gasteiger partial charge in [-0.3, -0.25) is 9.69 Å². The van der Waals surface area contributed by atoms with Gasteiger partial charge in [0.15, 0.2) is 0 Å². The standard InChI is InChI=1S/C30H42FN3O4/c1-20-9-10-22(17-24(20)31)25(37-23-13-11-21(12-14-23)27(35)32-8)18-33-15-16-34(26(19-33)29(2,3)4)28(36)38-30(5,6)7/h9-14,17,25-26H,15-16,18-19H2,1-8H3,(H,32,35)/t25-,26-/m0/s1. The minimum absolute atomic E-state index is 0.0756. The number of carbonyl (C=O) groups excluding carboxylic acids is 2. The number of halogens is 1. The average molecular weight is 528 g/mol. The van der Waals surface area contributed by atoms with Crippen LogP contribution in [-0.2, 0) is 4.74 Å². The van der Waals surface area contributed by atoms with Crippen molar-refractivity contribution in [1.29, 1.82) is 0 Å². The molecule has 7 nitrogen and oxygen atoms in total. The van der Waals surface area contributed by atoms with Crippen molar-refractivity contribution in [3.63, 3.8) is 0 Å². The van der Waals surface area contributed by atoms with Gasteiger partial charge in [-0.2, -0.15) is 0 Å². The average Bonchev–Trinajstić information content (AvgIpc) is 2.83. The molecular formula is C30H42FN3O4. The van der Waals surface area contributed by atoms with Crippen LogP contribution >= 0.6 is 0 Å². The summed E-state index contributed by atoms with van der Waals surface area (Å²) < 4.78 is 26.6. The Labute approximate surface area is 226 Å². The summed E-state index contributed by atoms with van der Waals surface area (Å²) in [5, 5.41) is 2.61. The van der Waals surface area contributed by atoms with E-state index in [4.69, 9.17) is 9.47 Å². The molecule has 0 unspecified atom stereocenters. The predicted octanol–water partition coefficient (Wildman–Crippen LogP) is 5.58. The quantitative estimate of drug-likeness (QED) is 0.531. The summed E-state index contributed by atoms with van der Waals surface area (Å²) in [5.41, 5.74) is 1.08. The molecule has 0 radical (unpaired) electrons. The topological polar surface area (TPSA) is 71.1 Å². The van der Waals surface area contributed by atoms with Gasteiger partial charge in [0.05, 0.1) is 6.04 Å². The van der Waals surface area contributed by atoms with Gasteiger partial charge in [-0.15, -0.1) is 0 Å². The van der Waals surface area contributed by atoms with Crippen molar-refractivity contribution in [1.82, 2.24) is 15.1 Å². The van der Waals surface area contributed by atoms with E-state index in [9.17, 15) is 14.0 Å². The van der Waals surface area contributed by atoms with E-state index in [-0.39, 0.29) is 29.3 Å². The number of hydrogen-bond donors (Lipinski definition) is 1. The molecule has 3 rings (SSSR count). The SMILES string of the molecule is CNC(=O)c1ccc(O[C@@H](CN2CCN(C(=O)OC(C)(C)C)[C@H](C(C)(C)C)C2)c2ccc(C)c(F)c2)cc1. The number of carbonyl (C=O) groups is 2. The zero-order valence-electron chi connectivity index (χ0n) is 23.9. The Morgan fingerprint density at radius 1 is 1.05 bits per heavy atom. The van der Waals surface area contributed by atoms with Crippen molar-refractivity contribution in [3.05, 3.63) is 65.0 Å². The first kappa shape index (κ1) is 29.4. The maximum Gasteiger partial charge on any atom is 0.410 e. The lowest BCUT2D eigenvalue weighted by atomic mass is 9.84. The van der Waals surface area contributed by atoms with E-state index < -0.39 is 11.7 Å². The van der Waals surface area contributed by atoms with Gasteiger partial charge in [0.2, 0.25) is 0 Å². The number of piperazine rings is 1. The molecule has 1 aliphatic rings. The lowest BCUT2D eigenvalue weighted by Crippen LogP contribution is -2.60. The number of ether oxygens (including phenoxy) is 2. The van der Waals surface area contributed by atoms with E-state index in [0.717, 1.165) is 5.56 Å². The molecule has 0 spiro atoms. The molecule has 2 aromatic rings. The number of hydrogen-bond acceptors (Lipinski definition) is 5. The molecule has 1 heterocycles. The lowest BCUT2D eigenvalue weighted by Gasteiger charge is -2.47. The first-order valence-corrected chi connectivity index (χ1v) is 13.1. The molecule has 38 heavy (non-hydrogen) atoms. The van der Waals surface area contributed by atoms with E-state index >= 15 is 0 Å². The van der Waals surface area contributed by atoms with Crippen molar-refractivity contribution in [2.45, 2.75) is 66.2 Å². The van der Waals surface area contributed by atoms with E-state index in [0.29, 0.717) is 43.1 Å². The molecule has 0 bridgehead atoms. The third kappa shape index (κ3) is 7.69. The molecule has 2 atom stereocenters. The van der Waals surface area contributed by atoms with Crippen LogP contribution in [0.2, 0.25) is 0 Å². The van der Waals surface area contributed by atoms with Gasteiger partial charge in [-0.1, -0.05) is 32.9 Å². The number of benzene rings is 2. The van der Waals surface area contributed by atoms with Crippen LogP contribution in [-0.4, -0.2) is 66.7 Å². The molecule has 1 N–H and O–H groups in total. The summed E-state index contributed by atoms with van der Waals surface area (Å²) in [6.45, 7) is 16.0. The second kappa shape index (κ2) is 11.7. The van der Waals surface area contributed by atoms with Crippen LogP contribution < -0.4 is 10.1 Å². The van der Waals surface area contributed by atoms with Crippen LogP contribution in [0, 0.1) is 18.2 Å². The minimum Gasteiger partial charge on any atom is -0.484 e. The summed E-state index contributed by atoms with van der Waals surface area (Å²) in [6.07, 6.45) is -0.758. The zero-order valence-corrected chi connectivity index (χ0v) is 23.9. The molecule has 0 saturated carbocycles. The highest BCUT2D eigenvalue weighted by Gasteiger charge is 2.40. The summed E-state index contributed by atoms with van der Waals surface area (Å²) in [5.74, 6) is 0.126. The molecular weight excluding hydrogens is 485 g/mol. The van der Waals surface area contributed by atoms with Gasteiger partial charge in [0.1, 0.15) is 23.3 Å². The first-order valence-electron chi connectivity index (χ1n) is 13.1. The first-order chi connectivity index (χ1) is 17.7. The summed E-state index contributed by atoms with van der Waals surface area (Å²) >= 11 is 0. The van der Waals surface area contributed by atoms with Gasteiger partial charge < -0.3 is 19.7 Å². The fourth-order valence-corrected chi connectivity index (χ4v) is 4.53. The fourth-order valence-electron chi connectivity index (χ4n) is 4.53. The number of nitrogens with zero attached hydrogens (tertiary/aromatic N) is 2. The molecule has 2 aromatic carbocycles. The van der Waals surface area contributed by atoms with Crippen LogP contribution in [0.25, 0.3) is 0 Å². The van der Waals surface area contributed by atoms with Crippen LogP contribution in [0.3, 0.4) is 0 Å². The fraction of sp³-hybridized carbons (Fsp3) is 0.533. The second-order valence-corrected chi connectivity index (χ2v) is 12.0. The molecule has 8 heteroatoms. The maximum absolute atomic E-state index is 14.6. The minimum atomic E-state index is -0.571. The van der Waals surface area contributed by atoms with Gasteiger partial charge >= 0.3 is 6.09 Å². The number of rotatable bonds is 6. The number of nitrogens with one attached hydrogen (secondary N) is 1. The van der Waals surface area contributed by atoms with E-state index in [2.05, 4.69) is 31.0 Å². The predicted molar refractivity (Wildman–Crippen MR) is 147 cm³/mol. The monoisotopic (exact) mass is 527 g/mol. The highest BCUT2D eigenvalue weighted by atomic mass is 19.1. The van der Waals surface area contributed by atoms with Crippen LogP contribution in [0.4, 0.5) is 9.18 Å². The largest absolute Gasteiger partial charge is 0.484 e. The molecule has 2 amide bonds. The van der Waals surface area contributed by atoms with Crippen molar-refractivity contribution >= 4 is 12.0 Å². The van der Waals surface area contributed by atoms with Crippen LogP contribution in [0.1, 0.15) is 69.1 Å². The third-order valence-corrected chi connectivity index (χ3v) is 6.71. The lowest BCUT2D eigenvalue weighted by molar-refractivity contribution is -0.0283. The molecule has 208 valence electrons. The second-order valence-electron chi connectivity index (χ2n) is 12.0. The Bertz CT molecular complexity index is 1120. The summed E-state index contributed by atoms with van der Waals surface area (Å²) in [7, 11) is 1.59. The normalized spacial score (nSPS) is 17.6. The molecule has 1 fully saturated rings. The summed E-state index contributed by atoms with van der Waals surface area (Å²) in [6, 6.07) is 12.0. The van der Waals surface area contributed by atoms with Crippen molar-refractivity contribution in [2.24, 2.45) is 5.41 Å². The van der Waals surface area contributed by atoms with Crippen molar-refractivity contribution in [2.75, 3.05) is 33.2 Å². The van der Waals surface area contributed by atoms with Gasteiger partial charge in [0.25, 0.3) is 5.91 Å². The Kier molecular flexibility index (Phi) is 9.08. The highest BCUT2D eigenvalue weighted by Crippen LogP contribution is 2.31. The maximum atomic E-state index is 14.6. The molecule has 1 saturated heterocycles. The van der Waals surface area contributed by atoms with Gasteiger partial charge in [0, 0.05) is 38.8 Å². The highest BCUT2D eigenvalue weighted by molar-refractivity contribution is 5.94. The Morgan fingerprint density at radius 3 is 2.26 bits per heavy atom. The van der Waals surface area contributed by atoms with Crippen LogP contribution in [0.15, 0.2) is 42.5 Å². The van der Waals surface area contributed by atoms with Crippen LogP contribution in [0.5, 0.6) is 5.75 Å². The van der Waals surface area contributed by atoms with Crippen molar-refractivity contribution < 1.29 is 23.5 Å². The third-order valence-electron chi connectivity index (χ3n) is 6.71. The van der Waals surface area contributed by atoms with E-state index in [1.54, 1.807) is 44.3 Å². The zero-order chi connectivity index (χ0) is 28.3. The van der Waals surface area contributed by atoms with E-state index in [1.165, 1.54) is 6.07 Å². The number of amides is 2. The summed E-state index contributed by atoms with van der Waals surface area (Å²) in [4.78, 5) is 29.0. The van der Waals surface area contributed by atoms with Crippen molar-refractivity contribution in [3.8, 4) is 5.75 Å². The smallest absolute Gasteiger partial charge is 0.410 e.